The van der Waals surface area contributed by atoms with Gasteiger partial charge in [-0.2, -0.15) is 12.6 Å². The maximum absolute atomic E-state index is 11.2. The molecule has 122 valence electrons. The van der Waals surface area contributed by atoms with Crippen molar-refractivity contribution in [3.63, 3.8) is 0 Å². The molecule has 0 amide bonds. The van der Waals surface area contributed by atoms with Crippen LogP contribution in [0, 0.1) is 0 Å². The Hall–Kier alpha value is -1.34. The molecule has 3 rings (SSSR count). The van der Waals surface area contributed by atoms with Gasteiger partial charge in [0.1, 0.15) is 5.01 Å². The van der Waals surface area contributed by atoms with Crippen molar-refractivity contribution in [2.75, 3.05) is 0 Å². The van der Waals surface area contributed by atoms with E-state index in [1.54, 1.807) is 12.1 Å². The number of nitrogens with zero attached hydrogens (tertiary/aromatic N) is 1. The highest BCUT2D eigenvalue weighted by atomic mass is 79.9. The molecule has 0 saturated carbocycles. The number of carboxylic acids is 1. The van der Waals surface area contributed by atoms with Crippen molar-refractivity contribution in [1.82, 2.24) is 4.98 Å². The molecule has 0 fully saturated rings. The molecule has 3 aromatic rings. The Balaban J connectivity index is 2.16. The zero-order chi connectivity index (χ0) is 17.3. The predicted molar refractivity (Wildman–Crippen MR) is 105 cm³/mol. The van der Waals surface area contributed by atoms with Crippen LogP contribution < -0.4 is 0 Å². The van der Waals surface area contributed by atoms with E-state index in [9.17, 15) is 9.90 Å². The third kappa shape index (κ3) is 3.67. The van der Waals surface area contributed by atoms with Gasteiger partial charge in [0, 0.05) is 15.1 Å². The van der Waals surface area contributed by atoms with Gasteiger partial charge >= 0.3 is 5.97 Å². The predicted octanol–water partition coefficient (Wildman–Crippen LogP) is 5.95. The Morgan fingerprint density at radius 2 is 1.71 bits per heavy atom. The maximum Gasteiger partial charge on any atom is 0.323 e. The Morgan fingerprint density at radius 3 is 2.29 bits per heavy atom. The van der Waals surface area contributed by atoms with Gasteiger partial charge in [0.2, 0.25) is 0 Å². The van der Waals surface area contributed by atoms with Crippen molar-refractivity contribution in [3.8, 4) is 21.7 Å². The molecule has 0 saturated heterocycles. The van der Waals surface area contributed by atoms with Gasteiger partial charge in [0.05, 0.1) is 10.6 Å². The van der Waals surface area contributed by atoms with E-state index in [1.165, 1.54) is 11.3 Å². The molecule has 0 aliphatic carbocycles. The smallest absolute Gasteiger partial charge is 0.323 e. The molecule has 24 heavy (non-hydrogen) atoms. The van der Waals surface area contributed by atoms with Gasteiger partial charge in [-0.25, -0.2) is 4.98 Å². The summed E-state index contributed by atoms with van der Waals surface area (Å²) in [5.74, 6) is -1.02. The minimum absolute atomic E-state index is 0.453. The molecule has 1 atom stereocenters. The summed E-state index contributed by atoms with van der Waals surface area (Å²) < 4.78 is 0.965. The topological polar surface area (TPSA) is 50.2 Å². The third-order valence-corrected chi connectivity index (χ3v) is 5.93. The van der Waals surface area contributed by atoms with Crippen molar-refractivity contribution in [2.45, 2.75) is 5.25 Å². The average molecular weight is 441 g/mol. The lowest BCUT2D eigenvalue weighted by Gasteiger charge is -2.03. The van der Waals surface area contributed by atoms with Crippen LogP contribution >= 0.6 is 51.5 Å². The van der Waals surface area contributed by atoms with E-state index in [0.717, 1.165) is 26.2 Å². The van der Waals surface area contributed by atoms with Crippen molar-refractivity contribution in [3.05, 3.63) is 63.0 Å². The molecule has 2 aromatic carbocycles. The molecule has 1 aromatic heterocycles. The van der Waals surface area contributed by atoms with Gasteiger partial charge < -0.3 is 5.11 Å². The second-order valence-electron chi connectivity index (χ2n) is 4.98. The van der Waals surface area contributed by atoms with Gasteiger partial charge in [-0.1, -0.05) is 51.8 Å². The number of aliphatic carboxylic acids is 1. The number of aromatic nitrogens is 1. The number of carbonyl (C=O) groups is 1. The van der Waals surface area contributed by atoms with E-state index < -0.39 is 11.2 Å². The lowest BCUT2D eigenvalue weighted by atomic mass is 10.1. The molecule has 0 radical (unpaired) electrons. The fraction of sp³-hybridized carbons (Fsp3) is 0.0588. The quantitative estimate of drug-likeness (QED) is 0.493. The summed E-state index contributed by atoms with van der Waals surface area (Å²) in [4.78, 5) is 16.7. The van der Waals surface area contributed by atoms with Gasteiger partial charge in [-0.15, -0.1) is 11.3 Å². The van der Waals surface area contributed by atoms with Gasteiger partial charge in [0.25, 0.3) is 0 Å². The molecule has 1 N–H and O–H groups in total. The molecule has 3 nitrogen and oxygen atoms in total. The van der Waals surface area contributed by atoms with Crippen LogP contribution in [0.3, 0.4) is 0 Å². The zero-order valence-corrected chi connectivity index (χ0v) is 16.2. The summed E-state index contributed by atoms with van der Waals surface area (Å²) in [7, 11) is 0. The first-order valence-electron chi connectivity index (χ1n) is 6.89. The van der Waals surface area contributed by atoms with Crippen LogP contribution in [0.1, 0.15) is 10.3 Å². The van der Waals surface area contributed by atoms with Crippen molar-refractivity contribution >= 4 is 57.5 Å². The maximum atomic E-state index is 11.2. The number of halogens is 2. The Morgan fingerprint density at radius 1 is 1.12 bits per heavy atom. The number of benzene rings is 2. The molecule has 0 aliphatic rings. The van der Waals surface area contributed by atoms with Gasteiger partial charge in [-0.05, 0) is 29.8 Å². The van der Waals surface area contributed by atoms with Crippen LogP contribution in [-0.4, -0.2) is 16.1 Å². The number of hydrogen-bond acceptors (Lipinski definition) is 4. The van der Waals surface area contributed by atoms with E-state index in [2.05, 4.69) is 33.5 Å². The molecule has 1 heterocycles. The molecule has 0 spiro atoms. The van der Waals surface area contributed by atoms with E-state index in [-0.39, 0.29) is 0 Å². The summed E-state index contributed by atoms with van der Waals surface area (Å²) in [6, 6.07) is 15.1. The second-order valence-corrected chi connectivity index (χ2v) is 7.88. The lowest BCUT2D eigenvalue weighted by molar-refractivity contribution is -0.136. The van der Waals surface area contributed by atoms with Crippen LogP contribution in [0.15, 0.2) is 53.0 Å². The monoisotopic (exact) mass is 439 g/mol. The number of thiol groups is 1. The van der Waals surface area contributed by atoms with Crippen LogP contribution in [0.25, 0.3) is 21.7 Å². The van der Waals surface area contributed by atoms with Crippen LogP contribution in [0.4, 0.5) is 0 Å². The number of carboxylic acid groups (broad SMARTS) is 1. The fourth-order valence-electron chi connectivity index (χ4n) is 2.16. The third-order valence-electron chi connectivity index (χ3n) is 3.34. The van der Waals surface area contributed by atoms with E-state index in [0.29, 0.717) is 10.0 Å². The van der Waals surface area contributed by atoms with Crippen molar-refractivity contribution in [2.24, 2.45) is 0 Å². The zero-order valence-electron chi connectivity index (χ0n) is 12.1. The van der Waals surface area contributed by atoms with Crippen molar-refractivity contribution < 1.29 is 9.90 Å². The molecular weight excluding hydrogens is 430 g/mol. The van der Waals surface area contributed by atoms with Crippen molar-refractivity contribution in [1.29, 1.82) is 0 Å². The normalized spacial score (nSPS) is 12.1. The molecule has 7 heteroatoms. The van der Waals surface area contributed by atoms with Crippen LogP contribution in [-0.2, 0) is 4.79 Å². The first-order chi connectivity index (χ1) is 11.5. The van der Waals surface area contributed by atoms with Gasteiger partial charge in [0.15, 0.2) is 5.25 Å². The van der Waals surface area contributed by atoms with Crippen LogP contribution in [0.2, 0.25) is 5.02 Å². The Bertz CT molecular complexity index is 816. The summed E-state index contributed by atoms with van der Waals surface area (Å²) >= 11 is 14.9. The number of thiazole rings is 1. The summed E-state index contributed by atoms with van der Waals surface area (Å²) in [6.45, 7) is 0. The average Bonchev–Trinajstić information content (AvgIpc) is 3.00. The van der Waals surface area contributed by atoms with E-state index in [4.69, 9.17) is 11.6 Å². The Labute approximate surface area is 161 Å². The summed E-state index contributed by atoms with van der Waals surface area (Å²) in [6.07, 6.45) is 0. The SMILES string of the molecule is O=C(O)C(S)c1nc(-c2ccc(Br)cc2)c(-c2ccc(Cl)cc2)s1. The summed E-state index contributed by atoms with van der Waals surface area (Å²) in [5.41, 5.74) is 2.59. The molecule has 0 bridgehead atoms. The molecular formula is C17H11BrClNO2S2. The number of rotatable bonds is 4. The second kappa shape index (κ2) is 7.27. The molecule has 1 unspecified atom stereocenters. The van der Waals surface area contributed by atoms with E-state index in [1.807, 2.05) is 36.4 Å². The highest BCUT2D eigenvalue weighted by Gasteiger charge is 2.23. The standard InChI is InChI=1S/C17H11BrClNO2S2/c18-11-5-1-9(2-6-11)13-15(10-3-7-12(19)8-4-10)24-16(20-13)14(23)17(21)22/h1-8,14,23H,(H,21,22). The van der Waals surface area contributed by atoms with Gasteiger partial charge in [-0.3, -0.25) is 4.79 Å². The summed E-state index contributed by atoms with van der Waals surface area (Å²) in [5, 5.41) is 9.36. The fourth-order valence-corrected chi connectivity index (χ4v) is 3.84. The molecule has 0 aliphatic heterocycles. The number of hydrogen-bond donors (Lipinski definition) is 2. The highest BCUT2D eigenvalue weighted by Crippen LogP contribution is 2.40. The first kappa shape index (κ1) is 17.5. The van der Waals surface area contributed by atoms with E-state index >= 15 is 0 Å². The highest BCUT2D eigenvalue weighted by molar-refractivity contribution is 9.10. The lowest BCUT2D eigenvalue weighted by Crippen LogP contribution is -2.04. The van der Waals surface area contributed by atoms with Crippen LogP contribution in [0.5, 0.6) is 0 Å². The minimum atomic E-state index is -1.02. The minimum Gasteiger partial charge on any atom is -0.480 e. The Kier molecular flexibility index (Phi) is 5.30. The first-order valence-corrected chi connectivity index (χ1v) is 9.39. The largest absolute Gasteiger partial charge is 0.480 e.